The second-order valence-electron chi connectivity index (χ2n) is 6.40. The summed E-state index contributed by atoms with van der Waals surface area (Å²) in [6, 6.07) is 11.0. The largest absolute Gasteiger partial charge is 0.366 e. The molecule has 1 unspecified atom stereocenters. The van der Waals surface area contributed by atoms with Crippen LogP contribution >= 0.6 is 0 Å². The molecule has 0 saturated carbocycles. The van der Waals surface area contributed by atoms with Gasteiger partial charge in [-0.15, -0.1) is 0 Å². The third-order valence-electron chi connectivity index (χ3n) is 4.77. The molecule has 1 aliphatic heterocycles. The zero-order chi connectivity index (χ0) is 17.4. The van der Waals surface area contributed by atoms with Crippen molar-refractivity contribution in [3.05, 3.63) is 64.7 Å². The Morgan fingerprint density at radius 2 is 1.96 bits per heavy atom. The molecule has 1 aromatic heterocycles. The molecule has 0 saturated heterocycles. The van der Waals surface area contributed by atoms with Crippen molar-refractivity contribution in [3.8, 4) is 0 Å². The highest BCUT2D eigenvalue weighted by atomic mass is 19.1. The van der Waals surface area contributed by atoms with E-state index < -0.39 is 11.7 Å². The summed E-state index contributed by atoms with van der Waals surface area (Å²) in [4.78, 5) is 19.3. The van der Waals surface area contributed by atoms with Crippen molar-refractivity contribution in [1.82, 2.24) is 15.3 Å². The fourth-order valence-corrected chi connectivity index (χ4v) is 3.52. The lowest BCUT2D eigenvalue weighted by Crippen LogP contribution is -2.27. The summed E-state index contributed by atoms with van der Waals surface area (Å²) in [5.41, 5.74) is 9.11. The topological polar surface area (TPSA) is 83.8 Å². The van der Waals surface area contributed by atoms with Gasteiger partial charge in [0, 0.05) is 0 Å². The molecule has 2 aromatic carbocycles. The van der Waals surface area contributed by atoms with Crippen molar-refractivity contribution < 1.29 is 9.18 Å². The van der Waals surface area contributed by atoms with Gasteiger partial charge in [-0.25, -0.2) is 9.37 Å². The van der Waals surface area contributed by atoms with Gasteiger partial charge >= 0.3 is 0 Å². The number of fused-ring (bicyclic) bond motifs is 2. The first kappa shape index (κ1) is 15.8. The number of benzene rings is 2. The third-order valence-corrected chi connectivity index (χ3v) is 4.77. The summed E-state index contributed by atoms with van der Waals surface area (Å²) in [5, 5.41) is 3.50. The van der Waals surface area contributed by atoms with Crippen LogP contribution in [0.2, 0.25) is 0 Å². The fraction of sp³-hybridized carbons (Fsp3) is 0.263. The van der Waals surface area contributed by atoms with Crippen LogP contribution in [0.1, 0.15) is 39.8 Å². The molecule has 0 bridgehead atoms. The minimum Gasteiger partial charge on any atom is -0.366 e. The Labute approximate surface area is 144 Å². The first-order valence-corrected chi connectivity index (χ1v) is 8.41. The second kappa shape index (κ2) is 6.29. The van der Waals surface area contributed by atoms with E-state index >= 15 is 0 Å². The SMILES string of the molecule is NC(=O)c1cc(F)cc2[nH]c(C3CCc4ccccc4CCN3)nc12. The normalized spacial score (nSPS) is 17.7. The van der Waals surface area contributed by atoms with E-state index in [1.54, 1.807) is 0 Å². The number of carbonyl (C=O) groups excluding carboxylic acids is 1. The van der Waals surface area contributed by atoms with E-state index in [4.69, 9.17) is 5.73 Å². The minimum atomic E-state index is -0.679. The highest BCUT2D eigenvalue weighted by Gasteiger charge is 2.21. The number of aryl methyl sites for hydroxylation is 1. The van der Waals surface area contributed by atoms with Crippen LogP contribution in [0.25, 0.3) is 11.0 Å². The lowest BCUT2D eigenvalue weighted by Gasteiger charge is -2.21. The van der Waals surface area contributed by atoms with Crippen LogP contribution in [0.4, 0.5) is 4.39 Å². The summed E-state index contributed by atoms with van der Waals surface area (Å²) in [6.07, 6.45) is 2.75. The zero-order valence-electron chi connectivity index (χ0n) is 13.7. The predicted octanol–water partition coefficient (Wildman–Crippen LogP) is 2.62. The van der Waals surface area contributed by atoms with Gasteiger partial charge in [-0.3, -0.25) is 4.79 Å². The molecule has 6 heteroatoms. The van der Waals surface area contributed by atoms with Gasteiger partial charge in [0.15, 0.2) is 0 Å². The number of amides is 1. The van der Waals surface area contributed by atoms with E-state index in [0.717, 1.165) is 31.9 Å². The number of nitrogens with two attached hydrogens (primary N) is 1. The van der Waals surface area contributed by atoms with E-state index in [-0.39, 0.29) is 11.6 Å². The molecule has 1 amide bonds. The molecular weight excluding hydrogens is 319 g/mol. The van der Waals surface area contributed by atoms with Crippen LogP contribution in [-0.4, -0.2) is 22.4 Å². The molecular formula is C19H19FN4O. The molecule has 128 valence electrons. The highest BCUT2D eigenvalue weighted by Crippen LogP contribution is 2.25. The fourth-order valence-electron chi connectivity index (χ4n) is 3.52. The van der Waals surface area contributed by atoms with Crippen molar-refractivity contribution in [2.24, 2.45) is 5.73 Å². The van der Waals surface area contributed by atoms with Gasteiger partial charge in [-0.2, -0.15) is 0 Å². The number of imidazole rings is 1. The molecule has 4 rings (SSSR count). The van der Waals surface area contributed by atoms with Crippen molar-refractivity contribution in [1.29, 1.82) is 0 Å². The Bertz CT molecular complexity index is 950. The van der Waals surface area contributed by atoms with Crippen LogP contribution in [0, 0.1) is 5.82 Å². The molecule has 2 heterocycles. The quantitative estimate of drug-likeness (QED) is 0.671. The van der Waals surface area contributed by atoms with Crippen molar-refractivity contribution >= 4 is 16.9 Å². The first-order chi connectivity index (χ1) is 12.1. The van der Waals surface area contributed by atoms with E-state index in [0.29, 0.717) is 16.9 Å². The van der Waals surface area contributed by atoms with Crippen LogP contribution in [0.15, 0.2) is 36.4 Å². The van der Waals surface area contributed by atoms with Gasteiger partial charge in [0.2, 0.25) is 0 Å². The van der Waals surface area contributed by atoms with E-state index in [1.807, 2.05) is 0 Å². The number of halogens is 1. The van der Waals surface area contributed by atoms with E-state index in [9.17, 15) is 9.18 Å². The number of carbonyl (C=O) groups is 1. The second-order valence-corrected chi connectivity index (χ2v) is 6.40. The zero-order valence-corrected chi connectivity index (χ0v) is 13.7. The number of H-pyrrole nitrogens is 1. The molecule has 3 aromatic rings. The Kier molecular flexibility index (Phi) is 3.97. The Morgan fingerprint density at radius 1 is 1.20 bits per heavy atom. The number of hydrogen-bond donors (Lipinski definition) is 3. The number of aromatic nitrogens is 2. The molecule has 0 radical (unpaired) electrons. The minimum absolute atomic E-state index is 0.0181. The predicted molar refractivity (Wildman–Crippen MR) is 93.8 cm³/mol. The van der Waals surface area contributed by atoms with Crippen LogP contribution in [0.5, 0.6) is 0 Å². The third kappa shape index (κ3) is 3.00. The van der Waals surface area contributed by atoms with Crippen LogP contribution < -0.4 is 11.1 Å². The van der Waals surface area contributed by atoms with Crippen LogP contribution in [0.3, 0.4) is 0 Å². The summed E-state index contributed by atoms with van der Waals surface area (Å²) >= 11 is 0. The molecule has 0 spiro atoms. The monoisotopic (exact) mass is 338 g/mol. The Hall–Kier alpha value is -2.73. The number of rotatable bonds is 2. The molecule has 0 fully saturated rings. The average molecular weight is 338 g/mol. The average Bonchev–Trinajstić information content (AvgIpc) is 2.98. The lowest BCUT2D eigenvalue weighted by molar-refractivity contribution is 0.100. The van der Waals surface area contributed by atoms with Gasteiger partial charge in [-0.05, 0) is 49.1 Å². The number of primary amides is 1. The van der Waals surface area contributed by atoms with Crippen molar-refractivity contribution in [2.45, 2.75) is 25.3 Å². The molecule has 1 aliphatic rings. The summed E-state index contributed by atoms with van der Waals surface area (Å²) in [7, 11) is 0. The summed E-state index contributed by atoms with van der Waals surface area (Å²) in [6.45, 7) is 0.829. The highest BCUT2D eigenvalue weighted by molar-refractivity contribution is 6.04. The molecule has 25 heavy (non-hydrogen) atoms. The summed E-state index contributed by atoms with van der Waals surface area (Å²) in [5.74, 6) is -0.472. The van der Waals surface area contributed by atoms with Gasteiger partial charge in [0.25, 0.3) is 5.91 Å². The molecule has 1 atom stereocenters. The van der Waals surface area contributed by atoms with Gasteiger partial charge in [0.05, 0.1) is 17.1 Å². The standard InChI is InChI=1S/C19H19FN4O/c20-13-9-14(18(21)25)17-16(10-13)23-19(24-17)15-6-5-11-3-1-2-4-12(11)7-8-22-15/h1-4,9-10,15,22H,5-8H2,(H2,21,25)(H,23,24). The molecule has 4 N–H and O–H groups in total. The maximum Gasteiger partial charge on any atom is 0.251 e. The molecule has 0 aliphatic carbocycles. The van der Waals surface area contributed by atoms with Crippen molar-refractivity contribution in [2.75, 3.05) is 6.54 Å². The number of hydrogen-bond acceptors (Lipinski definition) is 3. The maximum absolute atomic E-state index is 13.7. The van der Waals surface area contributed by atoms with Gasteiger partial charge < -0.3 is 16.0 Å². The van der Waals surface area contributed by atoms with E-state index in [1.165, 1.54) is 17.2 Å². The Balaban J connectivity index is 1.68. The number of nitrogens with zero attached hydrogens (tertiary/aromatic N) is 1. The number of aromatic amines is 1. The smallest absolute Gasteiger partial charge is 0.251 e. The lowest BCUT2D eigenvalue weighted by atomic mass is 9.96. The van der Waals surface area contributed by atoms with Crippen LogP contribution in [-0.2, 0) is 12.8 Å². The number of nitrogens with one attached hydrogen (secondary N) is 2. The van der Waals surface area contributed by atoms with Crippen molar-refractivity contribution in [3.63, 3.8) is 0 Å². The van der Waals surface area contributed by atoms with Gasteiger partial charge in [-0.1, -0.05) is 24.3 Å². The maximum atomic E-state index is 13.7. The Morgan fingerprint density at radius 3 is 2.72 bits per heavy atom. The first-order valence-electron chi connectivity index (χ1n) is 8.41. The molecule has 5 nitrogen and oxygen atoms in total. The van der Waals surface area contributed by atoms with Gasteiger partial charge in [0.1, 0.15) is 17.2 Å². The van der Waals surface area contributed by atoms with E-state index in [2.05, 4.69) is 39.6 Å². The summed E-state index contributed by atoms with van der Waals surface area (Å²) < 4.78 is 13.7.